The first-order valence-corrected chi connectivity index (χ1v) is 7.39. The Hall–Kier alpha value is -2.47. The molecule has 0 spiro atoms. The van der Waals surface area contributed by atoms with E-state index in [1.54, 1.807) is 24.1 Å². The normalized spacial score (nSPS) is 12.0. The predicted molar refractivity (Wildman–Crippen MR) is 81.5 cm³/mol. The van der Waals surface area contributed by atoms with Crippen LogP contribution in [0.5, 0.6) is 0 Å². The summed E-state index contributed by atoms with van der Waals surface area (Å²) < 4.78 is 1.69. The number of fused-ring (bicyclic) bond motifs is 3. The third-order valence-electron chi connectivity index (χ3n) is 3.59. The number of anilines is 1. The fourth-order valence-electron chi connectivity index (χ4n) is 2.55. The van der Waals surface area contributed by atoms with Crippen molar-refractivity contribution in [3.63, 3.8) is 0 Å². The number of thiazole rings is 1. The summed E-state index contributed by atoms with van der Waals surface area (Å²) in [6, 6.07) is 8.26. The number of amides is 1. The summed E-state index contributed by atoms with van der Waals surface area (Å²) in [5.74, 6) is -0.185. The van der Waals surface area contributed by atoms with Crippen molar-refractivity contribution in [3.05, 3.63) is 52.9 Å². The van der Waals surface area contributed by atoms with E-state index in [9.17, 15) is 4.79 Å². The molecule has 1 aliphatic carbocycles. The Morgan fingerprint density at radius 2 is 2.24 bits per heavy atom. The molecule has 0 atom stereocenters. The van der Waals surface area contributed by atoms with Gasteiger partial charge in [-0.15, -0.1) is 11.3 Å². The number of imidazole rings is 1. The third-order valence-corrected chi connectivity index (χ3v) is 4.56. The van der Waals surface area contributed by atoms with E-state index in [4.69, 9.17) is 0 Å². The molecule has 2 heterocycles. The van der Waals surface area contributed by atoms with E-state index in [0.717, 1.165) is 12.1 Å². The van der Waals surface area contributed by atoms with E-state index in [1.165, 1.54) is 27.3 Å². The van der Waals surface area contributed by atoms with Gasteiger partial charge in [0.05, 0.1) is 18.2 Å². The minimum absolute atomic E-state index is 0.185. The highest BCUT2D eigenvalue weighted by Gasteiger charge is 2.23. The van der Waals surface area contributed by atoms with Crippen molar-refractivity contribution in [3.8, 4) is 11.3 Å². The molecular formula is C15H12N4OS. The molecule has 6 heteroatoms. The summed E-state index contributed by atoms with van der Waals surface area (Å²) in [7, 11) is 1.79. The average Bonchev–Trinajstić information content (AvgIpc) is 3.12. The lowest BCUT2D eigenvalue weighted by molar-refractivity contribution is 0.101. The number of carbonyl (C=O) groups is 1. The lowest BCUT2D eigenvalue weighted by Crippen LogP contribution is -2.15. The molecule has 5 nitrogen and oxygen atoms in total. The number of nitrogens with zero attached hydrogens (tertiary/aromatic N) is 3. The summed E-state index contributed by atoms with van der Waals surface area (Å²) in [6.07, 6.45) is 4.05. The lowest BCUT2D eigenvalue weighted by atomic mass is 10.1. The zero-order chi connectivity index (χ0) is 14.4. The van der Waals surface area contributed by atoms with Crippen LogP contribution in [0.15, 0.2) is 36.8 Å². The van der Waals surface area contributed by atoms with Crippen LogP contribution in [0.4, 0.5) is 5.13 Å². The number of aryl methyl sites for hydroxylation is 1. The zero-order valence-electron chi connectivity index (χ0n) is 11.3. The van der Waals surface area contributed by atoms with Crippen molar-refractivity contribution < 1.29 is 4.79 Å². The molecule has 21 heavy (non-hydrogen) atoms. The Kier molecular flexibility index (Phi) is 2.65. The van der Waals surface area contributed by atoms with Crippen LogP contribution in [0.3, 0.4) is 0 Å². The van der Waals surface area contributed by atoms with Gasteiger partial charge in [0, 0.05) is 23.9 Å². The van der Waals surface area contributed by atoms with Crippen LogP contribution in [-0.4, -0.2) is 20.4 Å². The van der Waals surface area contributed by atoms with Gasteiger partial charge >= 0.3 is 0 Å². The number of nitrogens with one attached hydrogen (secondary N) is 1. The number of aromatic nitrogens is 3. The van der Waals surface area contributed by atoms with Crippen molar-refractivity contribution in [2.45, 2.75) is 6.42 Å². The molecule has 0 radical (unpaired) electrons. The second kappa shape index (κ2) is 4.53. The summed E-state index contributed by atoms with van der Waals surface area (Å²) in [5.41, 5.74) is 3.99. The van der Waals surface area contributed by atoms with Gasteiger partial charge in [-0.05, 0) is 5.56 Å². The second-order valence-electron chi connectivity index (χ2n) is 4.97. The van der Waals surface area contributed by atoms with Crippen LogP contribution < -0.4 is 5.32 Å². The number of rotatable bonds is 2. The SMILES string of the molecule is Cn1cncc1C(=O)Nc1nc2c(s1)Cc1ccccc1-2. The van der Waals surface area contributed by atoms with E-state index in [2.05, 4.69) is 27.4 Å². The van der Waals surface area contributed by atoms with E-state index in [0.29, 0.717) is 10.8 Å². The van der Waals surface area contributed by atoms with Gasteiger partial charge in [-0.1, -0.05) is 24.3 Å². The van der Waals surface area contributed by atoms with Gasteiger partial charge in [-0.3, -0.25) is 10.1 Å². The van der Waals surface area contributed by atoms with Crippen molar-refractivity contribution in [2.75, 3.05) is 5.32 Å². The standard InChI is InChI=1S/C15H12N4OS/c1-19-8-16-7-11(19)14(20)18-15-17-13-10-5-3-2-4-9(10)6-12(13)21-15/h2-5,7-8H,6H2,1H3,(H,17,18,20). The van der Waals surface area contributed by atoms with Crippen LogP contribution >= 0.6 is 11.3 Å². The van der Waals surface area contributed by atoms with Gasteiger partial charge < -0.3 is 4.57 Å². The summed E-state index contributed by atoms with van der Waals surface area (Å²) in [6.45, 7) is 0. The molecular weight excluding hydrogens is 284 g/mol. The van der Waals surface area contributed by atoms with Gasteiger partial charge in [0.15, 0.2) is 5.13 Å². The van der Waals surface area contributed by atoms with Crippen molar-refractivity contribution >= 4 is 22.4 Å². The summed E-state index contributed by atoms with van der Waals surface area (Å²) in [5, 5.41) is 3.49. The molecule has 2 aromatic heterocycles. The molecule has 0 unspecified atom stereocenters. The van der Waals surface area contributed by atoms with Crippen molar-refractivity contribution in [1.82, 2.24) is 14.5 Å². The molecule has 0 fully saturated rings. The first-order chi connectivity index (χ1) is 10.2. The van der Waals surface area contributed by atoms with Gasteiger partial charge in [0.25, 0.3) is 5.91 Å². The maximum atomic E-state index is 12.2. The molecule has 3 aromatic rings. The van der Waals surface area contributed by atoms with Crippen LogP contribution in [0, 0.1) is 0 Å². The summed E-state index contributed by atoms with van der Waals surface area (Å²) >= 11 is 1.54. The Morgan fingerprint density at radius 1 is 1.38 bits per heavy atom. The van der Waals surface area contributed by atoms with E-state index in [-0.39, 0.29) is 5.91 Å². The molecule has 0 bridgehead atoms. The zero-order valence-corrected chi connectivity index (χ0v) is 12.1. The fourth-order valence-corrected chi connectivity index (χ4v) is 3.55. The first-order valence-electron chi connectivity index (χ1n) is 6.58. The molecule has 104 valence electrons. The topological polar surface area (TPSA) is 59.8 Å². The Morgan fingerprint density at radius 3 is 3.05 bits per heavy atom. The maximum Gasteiger partial charge on any atom is 0.275 e. The lowest BCUT2D eigenvalue weighted by Gasteiger charge is -2.02. The van der Waals surface area contributed by atoms with Gasteiger partial charge in [-0.2, -0.15) is 0 Å². The van der Waals surface area contributed by atoms with Gasteiger partial charge in [0.1, 0.15) is 5.69 Å². The van der Waals surface area contributed by atoms with Crippen molar-refractivity contribution in [2.24, 2.45) is 7.05 Å². The van der Waals surface area contributed by atoms with Crippen LogP contribution in [0.1, 0.15) is 20.9 Å². The first kappa shape index (κ1) is 12.3. The van der Waals surface area contributed by atoms with E-state index >= 15 is 0 Å². The molecule has 0 saturated heterocycles. The van der Waals surface area contributed by atoms with Crippen molar-refractivity contribution in [1.29, 1.82) is 0 Å². The predicted octanol–water partition coefficient (Wildman–Crippen LogP) is 2.70. The summed E-state index contributed by atoms with van der Waals surface area (Å²) in [4.78, 5) is 21.9. The minimum Gasteiger partial charge on any atom is -0.330 e. The monoisotopic (exact) mass is 296 g/mol. The maximum absolute atomic E-state index is 12.2. The number of benzene rings is 1. The highest BCUT2D eigenvalue weighted by atomic mass is 32.1. The Bertz CT molecular complexity index is 849. The average molecular weight is 296 g/mol. The quantitative estimate of drug-likeness (QED) is 0.618. The third kappa shape index (κ3) is 1.95. The van der Waals surface area contributed by atoms with Crippen LogP contribution in [0.2, 0.25) is 0 Å². The molecule has 1 aromatic carbocycles. The number of hydrogen-bond acceptors (Lipinski definition) is 4. The molecule has 0 saturated carbocycles. The molecule has 0 aliphatic heterocycles. The molecule has 1 N–H and O–H groups in total. The van der Waals surface area contributed by atoms with E-state index in [1.807, 2.05) is 12.1 Å². The van der Waals surface area contributed by atoms with Crippen LogP contribution in [0.25, 0.3) is 11.3 Å². The van der Waals surface area contributed by atoms with Gasteiger partial charge in [-0.25, -0.2) is 9.97 Å². The Labute approximate surface area is 125 Å². The smallest absolute Gasteiger partial charge is 0.275 e. The molecule has 1 amide bonds. The highest BCUT2D eigenvalue weighted by Crippen LogP contribution is 2.40. The second-order valence-corrected chi connectivity index (χ2v) is 6.05. The Balaban J connectivity index is 1.63. The largest absolute Gasteiger partial charge is 0.330 e. The minimum atomic E-state index is -0.185. The fraction of sp³-hybridized carbons (Fsp3) is 0.133. The molecule has 1 aliphatic rings. The number of hydrogen-bond donors (Lipinski definition) is 1. The number of carbonyl (C=O) groups excluding carboxylic acids is 1. The molecule has 4 rings (SSSR count). The highest BCUT2D eigenvalue weighted by molar-refractivity contribution is 7.16. The van der Waals surface area contributed by atoms with Crippen LogP contribution in [-0.2, 0) is 13.5 Å². The van der Waals surface area contributed by atoms with E-state index < -0.39 is 0 Å². The van der Waals surface area contributed by atoms with Gasteiger partial charge in [0.2, 0.25) is 0 Å².